The molecule has 1 aromatic heterocycles. The number of benzene rings is 1. The number of aromatic carboxylic acids is 1. The summed E-state index contributed by atoms with van der Waals surface area (Å²) in [5.74, 6) is -1.03. The van der Waals surface area contributed by atoms with Gasteiger partial charge in [-0.25, -0.2) is 9.48 Å². The minimum atomic E-state index is -1.03. The van der Waals surface area contributed by atoms with Gasteiger partial charge in [-0.15, -0.1) is 0 Å². The number of H-pyrrole nitrogens is 1. The standard InChI is InChI=1S/C12H9BrN2O4/c13-9-5-7(12(18)19)1-2-8(9)6-15-11(17)4-3-10(16)14-15/h1-5H,6H2,(H,14,16)(H,18,19). The van der Waals surface area contributed by atoms with Gasteiger partial charge in [0, 0.05) is 16.6 Å². The molecular formula is C12H9BrN2O4. The van der Waals surface area contributed by atoms with Crippen LogP contribution in [-0.2, 0) is 6.54 Å². The fourth-order valence-electron chi connectivity index (χ4n) is 1.56. The van der Waals surface area contributed by atoms with Crippen LogP contribution in [0.15, 0.2) is 44.4 Å². The van der Waals surface area contributed by atoms with Gasteiger partial charge < -0.3 is 5.11 Å². The van der Waals surface area contributed by atoms with Crippen LogP contribution in [0.4, 0.5) is 0 Å². The number of hydrogen-bond donors (Lipinski definition) is 2. The molecule has 2 N–H and O–H groups in total. The van der Waals surface area contributed by atoms with Gasteiger partial charge in [0.15, 0.2) is 0 Å². The predicted octanol–water partition coefficient (Wildman–Crippen LogP) is 1.05. The molecule has 2 rings (SSSR count). The molecule has 0 atom stereocenters. The van der Waals surface area contributed by atoms with Gasteiger partial charge in [-0.3, -0.25) is 14.7 Å². The molecule has 0 radical (unpaired) electrons. The molecule has 7 heteroatoms. The van der Waals surface area contributed by atoms with Gasteiger partial charge in [-0.2, -0.15) is 0 Å². The predicted molar refractivity (Wildman–Crippen MR) is 71.5 cm³/mol. The summed E-state index contributed by atoms with van der Waals surface area (Å²) in [5, 5.41) is 11.2. The van der Waals surface area contributed by atoms with Crippen LogP contribution >= 0.6 is 15.9 Å². The molecule has 1 aromatic carbocycles. The first-order chi connectivity index (χ1) is 8.97. The third-order valence-electron chi connectivity index (χ3n) is 2.52. The smallest absolute Gasteiger partial charge is 0.335 e. The van der Waals surface area contributed by atoms with E-state index >= 15 is 0 Å². The lowest BCUT2D eigenvalue weighted by atomic mass is 10.1. The Morgan fingerprint density at radius 2 is 2.00 bits per heavy atom. The van der Waals surface area contributed by atoms with Crippen molar-refractivity contribution in [2.45, 2.75) is 6.54 Å². The molecule has 0 aliphatic rings. The molecule has 1 heterocycles. The second kappa shape index (κ2) is 5.23. The average Bonchev–Trinajstić information content (AvgIpc) is 2.36. The summed E-state index contributed by atoms with van der Waals surface area (Å²) in [7, 11) is 0. The lowest BCUT2D eigenvalue weighted by Crippen LogP contribution is -2.28. The van der Waals surface area contributed by atoms with Crippen LogP contribution in [0.3, 0.4) is 0 Å². The number of rotatable bonds is 3. The summed E-state index contributed by atoms with van der Waals surface area (Å²) in [4.78, 5) is 33.5. The number of aromatic amines is 1. The van der Waals surface area contributed by atoms with Crippen molar-refractivity contribution in [3.63, 3.8) is 0 Å². The van der Waals surface area contributed by atoms with Gasteiger partial charge in [0.1, 0.15) is 0 Å². The second-order valence-electron chi connectivity index (χ2n) is 3.85. The van der Waals surface area contributed by atoms with Gasteiger partial charge in [-0.05, 0) is 17.7 Å². The maximum atomic E-state index is 11.5. The minimum absolute atomic E-state index is 0.143. The first-order valence-electron chi connectivity index (χ1n) is 5.29. The van der Waals surface area contributed by atoms with E-state index in [-0.39, 0.29) is 23.2 Å². The summed E-state index contributed by atoms with van der Waals surface area (Å²) < 4.78 is 1.71. The van der Waals surface area contributed by atoms with E-state index in [9.17, 15) is 14.4 Å². The fraction of sp³-hybridized carbons (Fsp3) is 0.0833. The molecule has 0 spiro atoms. The van der Waals surface area contributed by atoms with Gasteiger partial charge in [0.05, 0.1) is 12.1 Å². The van der Waals surface area contributed by atoms with Crippen LogP contribution in [0.25, 0.3) is 0 Å². The Labute approximate surface area is 115 Å². The molecular weight excluding hydrogens is 316 g/mol. The van der Waals surface area contributed by atoms with E-state index < -0.39 is 5.97 Å². The van der Waals surface area contributed by atoms with Crippen molar-refractivity contribution in [3.8, 4) is 0 Å². The Balaban J connectivity index is 2.39. The zero-order valence-corrected chi connectivity index (χ0v) is 11.2. The molecule has 0 fully saturated rings. The van der Waals surface area contributed by atoms with Crippen LogP contribution in [0, 0.1) is 0 Å². The Hall–Kier alpha value is -2.15. The Bertz CT molecular complexity index is 748. The first-order valence-corrected chi connectivity index (χ1v) is 6.08. The van der Waals surface area contributed by atoms with Crippen LogP contribution in [0.1, 0.15) is 15.9 Å². The molecule has 0 saturated heterocycles. The van der Waals surface area contributed by atoms with Gasteiger partial charge in [0.2, 0.25) is 0 Å². The number of aromatic nitrogens is 2. The highest BCUT2D eigenvalue weighted by atomic mass is 79.9. The number of carboxylic acid groups (broad SMARTS) is 1. The van der Waals surface area contributed by atoms with E-state index in [2.05, 4.69) is 21.0 Å². The number of carbonyl (C=O) groups is 1. The monoisotopic (exact) mass is 324 g/mol. The van der Waals surface area contributed by atoms with E-state index in [1.165, 1.54) is 18.2 Å². The third kappa shape index (κ3) is 3.00. The lowest BCUT2D eigenvalue weighted by molar-refractivity contribution is 0.0697. The largest absolute Gasteiger partial charge is 0.478 e. The Kier molecular flexibility index (Phi) is 3.66. The number of nitrogens with zero attached hydrogens (tertiary/aromatic N) is 1. The summed E-state index contributed by atoms with van der Waals surface area (Å²) in [6.45, 7) is 0.148. The molecule has 2 aromatic rings. The topological polar surface area (TPSA) is 92.2 Å². The van der Waals surface area contributed by atoms with E-state index in [0.29, 0.717) is 10.0 Å². The van der Waals surface area contributed by atoms with Crippen LogP contribution < -0.4 is 11.1 Å². The molecule has 0 amide bonds. The van der Waals surface area contributed by atoms with Gasteiger partial charge >= 0.3 is 5.97 Å². The number of carboxylic acids is 1. The normalized spacial score (nSPS) is 10.4. The second-order valence-corrected chi connectivity index (χ2v) is 4.70. The van der Waals surface area contributed by atoms with Crippen molar-refractivity contribution in [3.05, 3.63) is 66.6 Å². The summed E-state index contributed by atoms with van der Waals surface area (Å²) in [6, 6.07) is 6.81. The van der Waals surface area contributed by atoms with Crippen molar-refractivity contribution in [1.82, 2.24) is 9.78 Å². The molecule has 6 nitrogen and oxygen atoms in total. The van der Waals surface area contributed by atoms with Crippen molar-refractivity contribution in [2.75, 3.05) is 0 Å². The zero-order chi connectivity index (χ0) is 14.0. The fourth-order valence-corrected chi connectivity index (χ4v) is 2.06. The summed E-state index contributed by atoms with van der Waals surface area (Å²) in [6.07, 6.45) is 0. The van der Waals surface area contributed by atoms with E-state index in [4.69, 9.17) is 5.11 Å². The lowest BCUT2D eigenvalue weighted by Gasteiger charge is -2.07. The van der Waals surface area contributed by atoms with Crippen LogP contribution in [0.2, 0.25) is 0 Å². The van der Waals surface area contributed by atoms with Crippen molar-refractivity contribution in [2.24, 2.45) is 0 Å². The molecule has 0 aliphatic heterocycles. The molecule has 0 bridgehead atoms. The maximum absolute atomic E-state index is 11.5. The summed E-state index contributed by atoms with van der Waals surface area (Å²) in [5.41, 5.74) is 0.116. The Morgan fingerprint density at radius 3 is 2.63 bits per heavy atom. The van der Waals surface area contributed by atoms with Crippen molar-refractivity contribution in [1.29, 1.82) is 0 Å². The third-order valence-corrected chi connectivity index (χ3v) is 3.26. The zero-order valence-electron chi connectivity index (χ0n) is 9.59. The number of hydrogen-bond acceptors (Lipinski definition) is 3. The van der Waals surface area contributed by atoms with E-state index in [1.807, 2.05) is 0 Å². The Morgan fingerprint density at radius 1 is 1.26 bits per heavy atom. The van der Waals surface area contributed by atoms with Crippen molar-refractivity contribution < 1.29 is 9.90 Å². The number of halogens is 1. The molecule has 0 saturated carbocycles. The summed E-state index contributed by atoms with van der Waals surface area (Å²) >= 11 is 3.25. The highest BCUT2D eigenvalue weighted by Crippen LogP contribution is 2.19. The van der Waals surface area contributed by atoms with Crippen molar-refractivity contribution >= 4 is 21.9 Å². The molecule has 19 heavy (non-hydrogen) atoms. The quantitative estimate of drug-likeness (QED) is 0.882. The van der Waals surface area contributed by atoms with Crippen LogP contribution in [-0.4, -0.2) is 20.9 Å². The molecule has 98 valence electrons. The SMILES string of the molecule is O=C(O)c1ccc(Cn2[nH]c(=O)ccc2=O)c(Br)c1. The average molecular weight is 325 g/mol. The number of nitrogens with one attached hydrogen (secondary N) is 1. The van der Waals surface area contributed by atoms with Gasteiger partial charge in [-0.1, -0.05) is 22.0 Å². The maximum Gasteiger partial charge on any atom is 0.335 e. The minimum Gasteiger partial charge on any atom is -0.478 e. The molecule has 0 aliphatic carbocycles. The first kappa shape index (κ1) is 13.3. The highest BCUT2D eigenvalue weighted by Gasteiger charge is 2.08. The molecule has 0 unspecified atom stereocenters. The van der Waals surface area contributed by atoms with Crippen LogP contribution in [0.5, 0.6) is 0 Å². The highest BCUT2D eigenvalue weighted by molar-refractivity contribution is 9.10. The van der Waals surface area contributed by atoms with E-state index in [1.54, 1.807) is 6.07 Å². The van der Waals surface area contributed by atoms with E-state index in [0.717, 1.165) is 10.7 Å². The van der Waals surface area contributed by atoms with Gasteiger partial charge in [0.25, 0.3) is 11.1 Å².